The lowest BCUT2D eigenvalue weighted by molar-refractivity contribution is -0.354. The maximum Gasteiger partial charge on any atom is 0.468 e. The molecule has 0 radical (unpaired) electrons. The SMILES string of the molecule is C=C(C)C(=O)OC(OCCC(F)(F)C(F)(F)S(=O)(=O)O)(C(=O)Oc1ccc(C)cc1)C(F)(F)F. The van der Waals surface area contributed by atoms with Crippen LogP contribution in [0.25, 0.3) is 0 Å². The predicted octanol–water partition coefficient (Wildman–Crippen LogP) is 3.80. The molecule has 8 nitrogen and oxygen atoms in total. The lowest BCUT2D eigenvalue weighted by Crippen LogP contribution is -2.59. The Labute approximate surface area is 188 Å². The number of carbonyl (C=O) groups excluding carboxylic acids is 2. The van der Waals surface area contributed by atoms with Gasteiger partial charge >= 0.3 is 45.2 Å². The summed E-state index contributed by atoms with van der Waals surface area (Å²) in [6.07, 6.45) is -8.49. The molecule has 1 aromatic carbocycles. The summed E-state index contributed by atoms with van der Waals surface area (Å²) in [5, 5.41) is -6.12. The number of hydrogen-bond acceptors (Lipinski definition) is 7. The molecule has 0 bridgehead atoms. The van der Waals surface area contributed by atoms with E-state index in [-0.39, 0.29) is 0 Å². The maximum absolute atomic E-state index is 13.9. The number of halogens is 7. The van der Waals surface area contributed by atoms with Gasteiger partial charge in [0.25, 0.3) is 0 Å². The number of hydrogen-bond donors (Lipinski definition) is 1. The van der Waals surface area contributed by atoms with E-state index in [1.807, 2.05) is 0 Å². The maximum atomic E-state index is 13.9. The molecular weight excluding hydrogens is 509 g/mol. The van der Waals surface area contributed by atoms with E-state index in [9.17, 15) is 48.7 Å². The smallest absolute Gasteiger partial charge is 0.421 e. The number of esters is 2. The average molecular weight is 526 g/mol. The Bertz CT molecular complexity index is 1040. The van der Waals surface area contributed by atoms with Crippen molar-refractivity contribution >= 4 is 22.1 Å². The Morgan fingerprint density at radius 3 is 1.94 bits per heavy atom. The highest BCUT2D eigenvalue weighted by Gasteiger charge is 2.69. The highest BCUT2D eigenvalue weighted by atomic mass is 32.2. The Hall–Kier alpha value is -2.72. The van der Waals surface area contributed by atoms with Crippen molar-refractivity contribution in [2.24, 2.45) is 0 Å². The van der Waals surface area contributed by atoms with Gasteiger partial charge < -0.3 is 14.2 Å². The molecule has 1 N–H and O–H groups in total. The zero-order chi connectivity index (χ0) is 26.8. The Morgan fingerprint density at radius 1 is 1.03 bits per heavy atom. The molecule has 0 saturated heterocycles. The van der Waals surface area contributed by atoms with E-state index >= 15 is 0 Å². The van der Waals surface area contributed by atoms with Crippen molar-refractivity contribution in [1.82, 2.24) is 0 Å². The molecule has 0 aromatic heterocycles. The van der Waals surface area contributed by atoms with Gasteiger partial charge in [-0.2, -0.15) is 39.2 Å². The van der Waals surface area contributed by atoms with Gasteiger partial charge in [0, 0.05) is 12.0 Å². The minimum Gasteiger partial charge on any atom is -0.421 e. The summed E-state index contributed by atoms with van der Waals surface area (Å²) in [5.74, 6) is -15.3. The second-order valence-electron chi connectivity index (χ2n) is 6.78. The van der Waals surface area contributed by atoms with E-state index in [1.54, 1.807) is 6.92 Å². The number of rotatable bonds is 10. The first-order valence-electron chi connectivity index (χ1n) is 8.79. The number of alkyl halides is 7. The molecule has 192 valence electrons. The molecular formula is C18H17F7O8S. The largest absolute Gasteiger partial charge is 0.468 e. The highest BCUT2D eigenvalue weighted by Crippen LogP contribution is 2.42. The minimum absolute atomic E-state index is 0.526. The molecule has 1 aromatic rings. The molecule has 0 aliphatic rings. The molecule has 0 aliphatic carbocycles. The molecule has 34 heavy (non-hydrogen) atoms. The second-order valence-corrected chi connectivity index (χ2v) is 8.24. The monoisotopic (exact) mass is 526 g/mol. The summed E-state index contributed by atoms with van der Waals surface area (Å²) in [6, 6.07) is 4.65. The lowest BCUT2D eigenvalue weighted by atomic mass is 10.2. The van der Waals surface area contributed by atoms with E-state index < -0.39 is 69.5 Å². The van der Waals surface area contributed by atoms with Gasteiger partial charge in [0.15, 0.2) is 0 Å². The first kappa shape index (κ1) is 29.3. The van der Waals surface area contributed by atoms with Gasteiger partial charge in [-0.3, -0.25) is 4.55 Å². The molecule has 1 unspecified atom stereocenters. The standard InChI is InChI=1S/C18H17F7O8S/c1-10(2)13(26)33-16(17(21,22)23,14(27)32-12-6-4-11(3)5-7-12)31-9-8-15(19,20)18(24,25)34(28,29)30/h4-7H,1,8-9H2,2-3H3,(H,28,29,30). The molecule has 0 amide bonds. The number of benzene rings is 1. The van der Waals surface area contributed by atoms with Crippen molar-refractivity contribution in [3.05, 3.63) is 42.0 Å². The molecule has 0 saturated carbocycles. The lowest BCUT2D eigenvalue weighted by Gasteiger charge is -2.33. The van der Waals surface area contributed by atoms with Crippen LogP contribution in [0.2, 0.25) is 0 Å². The zero-order valence-electron chi connectivity index (χ0n) is 17.3. The van der Waals surface area contributed by atoms with Gasteiger partial charge in [-0.1, -0.05) is 24.3 Å². The van der Waals surface area contributed by atoms with Crippen LogP contribution in [0.4, 0.5) is 30.7 Å². The van der Waals surface area contributed by atoms with Crippen LogP contribution in [-0.2, 0) is 29.2 Å². The van der Waals surface area contributed by atoms with Crippen LogP contribution < -0.4 is 4.74 Å². The van der Waals surface area contributed by atoms with E-state index in [1.165, 1.54) is 12.1 Å². The van der Waals surface area contributed by atoms with Crippen LogP contribution in [0.1, 0.15) is 18.9 Å². The fourth-order valence-electron chi connectivity index (χ4n) is 2.04. The summed E-state index contributed by atoms with van der Waals surface area (Å²) in [6.45, 7) is 3.30. The van der Waals surface area contributed by atoms with Crippen molar-refractivity contribution in [2.45, 2.75) is 43.4 Å². The minimum atomic E-state index is -6.69. The quantitative estimate of drug-likeness (QED) is 0.122. The topological polar surface area (TPSA) is 116 Å². The van der Waals surface area contributed by atoms with Gasteiger partial charge in [0.05, 0.1) is 6.61 Å². The van der Waals surface area contributed by atoms with Crippen molar-refractivity contribution in [1.29, 1.82) is 0 Å². The summed E-state index contributed by atoms with van der Waals surface area (Å²) < 4.78 is 137. The normalized spacial score (nSPS) is 14.8. The first-order valence-corrected chi connectivity index (χ1v) is 10.2. The van der Waals surface area contributed by atoms with Crippen LogP contribution in [0.15, 0.2) is 36.4 Å². The van der Waals surface area contributed by atoms with Crippen LogP contribution in [0.3, 0.4) is 0 Å². The first-order chi connectivity index (χ1) is 15.2. The van der Waals surface area contributed by atoms with Gasteiger partial charge in [-0.25, -0.2) is 9.59 Å². The molecule has 1 atom stereocenters. The van der Waals surface area contributed by atoms with E-state index in [2.05, 4.69) is 20.8 Å². The van der Waals surface area contributed by atoms with Crippen LogP contribution in [0.5, 0.6) is 5.75 Å². The van der Waals surface area contributed by atoms with E-state index in [0.717, 1.165) is 19.1 Å². The number of carbonyl (C=O) groups is 2. The fraction of sp³-hybridized carbons (Fsp3) is 0.444. The summed E-state index contributed by atoms with van der Waals surface area (Å²) in [4.78, 5) is 24.2. The molecule has 0 aliphatic heterocycles. The number of ether oxygens (including phenoxy) is 3. The van der Waals surface area contributed by atoms with Crippen molar-refractivity contribution in [3.8, 4) is 5.75 Å². The third-order valence-corrected chi connectivity index (χ3v) is 4.88. The average Bonchev–Trinajstić information content (AvgIpc) is 2.66. The van der Waals surface area contributed by atoms with Crippen molar-refractivity contribution in [3.63, 3.8) is 0 Å². The summed E-state index contributed by atoms with van der Waals surface area (Å²) in [7, 11) is -6.69. The predicted molar refractivity (Wildman–Crippen MR) is 98.5 cm³/mol. The highest BCUT2D eigenvalue weighted by molar-refractivity contribution is 7.87. The van der Waals surface area contributed by atoms with E-state index in [4.69, 9.17) is 4.55 Å². The van der Waals surface area contributed by atoms with E-state index in [0.29, 0.717) is 5.56 Å². The van der Waals surface area contributed by atoms with Crippen LogP contribution in [0, 0.1) is 6.92 Å². The van der Waals surface area contributed by atoms with Crippen LogP contribution >= 0.6 is 0 Å². The molecule has 16 heteroatoms. The molecule has 1 rings (SSSR count). The third-order valence-electron chi connectivity index (χ3n) is 3.93. The van der Waals surface area contributed by atoms with Gasteiger partial charge in [0.2, 0.25) is 0 Å². The van der Waals surface area contributed by atoms with Gasteiger partial charge in [-0.15, -0.1) is 0 Å². The Balaban J connectivity index is 3.37. The third kappa shape index (κ3) is 6.24. The van der Waals surface area contributed by atoms with Crippen molar-refractivity contribution < 1.29 is 67.5 Å². The molecule has 0 heterocycles. The molecule has 0 fully saturated rings. The zero-order valence-corrected chi connectivity index (χ0v) is 18.1. The van der Waals surface area contributed by atoms with Gasteiger partial charge in [-0.05, 0) is 26.0 Å². The fourth-order valence-corrected chi connectivity index (χ4v) is 2.52. The summed E-state index contributed by atoms with van der Waals surface area (Å²) >= 11 is 0. The number of aryl methyl sites for hydroxylation is 1. The van der Waals surface area contributed by atoms with Crippen LogP contribution in [-0.4, -0.2) is 54.7 Å². The Morgan fingerprint density at radius 2 is 1.53 bits per heavy atom. The van der Waals surface area contributed by atoms with Crippen molar-refractivity contribution in [2.75, 3.05) is 6.61 Å². The Kier molecular flexibility index (Phi) is 8.51. The second kappa shape index (κ2) is 9.87. The molecule has 0 spiro atoms. The van der Waals surface area contributed by atoms with Gasteiger partial charge in [0.1, 0.15) is 5.75 Å². The summed E-state index contributed by atoms with van der Waals surface area (Å²) in [5.41, 5.74) is -0.113.